The molecule has 4 rings (SSSR count). The number of furan rings is 1. The highest BCUT2D eigenvalue weighted by Crippen LogP contribution is 2.59. The minimum Gasteiger partial charge on any atom is -0.449 e. The summed E-state index contributed by atoms with van der Waals surface area (Å²) >= 11 is 0. The molecule has 26 heavy (non-hydrogen) atoms. The van der Waals surface area contributed by atoms with Gasteiger partial charge in [-0.2, -0.15) is 0 Å². The Kier molecular flexibility index (Phi) is 4.30. The van der Waals surface area contributed by atoms with Crippen LogP contribution in [-0.2, 0) is 0 Å². The maximum absolute atomic E-state index is 12.3. The van der Waals surface area contributed by atoms with Crippen LogP contribution in [0.25, 0.3) is 11.0 Å². The van der Waals surface area contributed by atoms with Gasteiger partial charge in [0.2, 0.25) is 0 Å². The highest BCUT2D eigenvalue weighted by Gasteiger charge is 2.54. The average Bonchev–Trinajstić information content (AvgIpc) is 3.13. The first kappa shape index (κ1) is 16.9. The van der Waals surface area contributed by atoms with Crippen molar-refractivity contribution in [3.8, 4) is 0 Å². The monoisotopic (exact) mass is 356 g/mol. The van der Waals surface area contributed by atoms with Gasteiger partial charge in [0.05, 0.1) is 6.20 Å². The molecule has 3 amide bonds. The van der Waals surface area contributed by atoms with Crippen molar-refractivity contribution in [1.29, 1.82) is 0 Å². The van der Waals surface area contributed by atoms with Crippen molar-refractivity contribution in [3.63, 3.8) is 0 Å². The summed E-state index contributed by atoms with van der Waals surface area (Å²) in [7, 11) is 0. The second-order valence-electron chi connectivity index (χ2n) is 7.32. The summed E-state index contributed by atoms with van der Waals surface area (Å²) in [6, 6.07) is 3.61. The number of hydrogen-bond acceptors (Lipinski definition) is 4. The van der Waals surface area contributed by atoms with E-state index in [9.17, 15) is 9.59 Å². The van der Waals surface area contributed by atoms with Crippen molar-refractivity contribution in [3.05, 3.63) is 30.3 Å². The number of likely N-dealkylation sites (tertiary alicyclic amines) is 1. The van der Waals surface area contributed by atoms with Gasteiger partial charge in [0, 0.05) is 37.8 Å². The molecule has 138 valence electrons. The number of piperidine rings is 1. The van der Waals surface area contributed by atoms with Crippen LogP contribution >= 0.6 is 0 Å². The van der Waals surface area contributed by atoms with Crippen molar-refractivity contribution in [2.24, 2.45) is 11.3 Å². The van der Waals surface area contributed by atoms with E-state index >= 15 is 0 Å². The average molecular weight is 356 g/mol. The fourth-order valence-corrected chi connectivity index (χ4v) is 4.05. The number of amides is 3. The molecule has 3 heterocycles. The Morgan fingerprint density at radius 3 is 2.88 bits per heavy atom. The first-order valence-electron chi connectivity index (χ1n) is 9.26. The van der Waals surface area contributed by atoms with Crippen molar-refractivity contribution < 1.29 is 14.0 Å². The topological polar surface area (TPSA) is 87.5 Å². The molecular weight excluding hydrogens is 332 g/mol. The third-order valence-corrected chi connectivity index (χ3v) is 5.79. The zero-order valence-electron chi connectivity index (χ0n) is 15.0. The molecule has 0 bridgehead atoms. The van der Waals surface area contributed by atoms with Crippen LogP contribution in [0.2, 0.25) is 0 Å². The highest BCUT2D eigenvalue weighted by molar-refractivity contribution is 5.95. The summed E-state index contributed by atoms with van der Waals surface area (Å²) in [5, 5.41) is 6.74. The van der Waals surface area contributed by atoms with E-state index in [1.165, 1.54) is 0 Å². The molecule has 0 radical (unpaired) electrons. The van der Waals surface area contributed by atoms with Gasteiger partial charge >= 0.3 is 6.03 Å². The first-order chi connectivity index (χ1) is 12.6. The normalized spacial score (nSPS) is 21.0. The zero-order valence-corrected chi connectivity index (χ0v) is 15.0. The number of fused-ring (bicyclic) bond motifs is 1. The number of carbonyl (C=O) groups is 2. The minimum atomic E-state index is -0.178. The van der Waals surface area contributed by atoms with Gasteiger partial charge in [-0.25, -0.2) is 4.79 Å². The number of nitrogens with one attached hydrogen (secondary N) is 2. The third-order valence-electron chi connectivity index (χ3n) is 5.79. The van der Waals surface area contributed by atoms with Crippen LogP contribution in [0.15, 0.2) is 28.9 Å². The molecule has 2 fully saturated rings. The Labute approximate surface area is 152 Å². The van der Waals surface area contributed by atoms with Gasteiger partial charge in [-0.15, -0.1) is 0 Å². The predicted molar refractivity (Wildman–Crippen MR) is 96.8 cm³/mol. The fourth-order valence-electron chi connectivity index (χ4n) is 4.05. The van der Waals surface area contributed by atoms with Crippen LogP contribution in [0, 0.1) is 11.3 Å². The van der Waals surface area contributed by atoms with Crippen molar-refractivity contribution >= 4 is 22.9 Å². The van der Waals surface area contributed by atoms with E-state index in [0.29, 0.717) is 35.8 Å². The lowest BCUT2D eigenvalue weighted by Crippen LogP contribution is -2.45. The lowest BCUT2D eigenvalue weighted by atomic mass is 9.91. The first-order valence-corrected chi connectivity index (χ1v) is 9.26. The largest absolute Gasteiger partial charge is 0.449 e. The molecule has 1 spiro atoms. The summed E-state index contributed by atoms with van der Waals surface area (Å²) in [6.07, 6.45) is 6.45. The molecule has 7 heteroatoms. The molecule has 2 N–H and O–H groups in total. The summed E-state index contributed by atoms with van der Waals surface area (Å²) in [4.78, 5) is 30.1. The van der Waals surface area contributed by atoms with E-state index in [4.69, 9.17) is 4.42 Å². The number of pyridine rings is 1. The summed E-state index contributed by atoms with van der Waals surface area (Å²) < 4.78 is 5.56. The Balaban J connectivity index is 1.28. The van der Waals surface area contributed by atoms with Crippen LogP contribution in [-0.4, -0.2) is 48.0 Å². The molecule has 1 aliphatic heterocycles. The zero-order chi connectivity index (χ0) is 18.1. The van der Waals surface area contributed by atoms with Crippen LogP contribution in [0.5, 0.6) is 0 Å². The highest BCUT2D eigenvalue weighted by atomic mass is 16.3. The maximum Gasteiger partial charge on any atom is 0.317 e. The molecule has 1 saturated heterocycles. The fraction of sp³-hybridized carbons (Fsp3) is 0.526. The maximum atomic E-state index is 12.3. The molecule has 1 aliphatic carbocycles. The smallest absolute Gasteiger partial charge is 0.317 e. The molecule has 1 saturated carbocycles. The lowest BCUT2D eigenvalue weighted by Gasteiger charge is -2.33. The van der Waals surface area contributed by atoms with E-state index in [0.717, 1.165) is 37.7 Å². The van der Waals surface area contributed by atoms with E-state index in [2.05, 4.69) is 15.6 Å². The third kappa shape index (κ3) is 3.13. The number of rotatable bonds is 4. The Morgan fingerprint density at radius 1 is 1.35 bits per heavy atom. The Bertz CT molecular complexity index is 790. The second-order valence-corrected chi connectivity index (χ2v) is 7.32. The van der Waals surface area contributed by atoms with Gasteiger partial charge in [-0.05, 0) is 49.7 Å². The molecule has 2 aromatic heterocycles. The summed E-state index contributed by atoms with van der Waals surface area (Å²) in [5.74, 6) is 0.644. The van der Waals surface area contributed by atoms with Gasteiger partial charge in [0.25, 0.3) is 5.91 Å². The quantitative estimate of drug-likeness (QED) is 0.880. The van der Waals surface area contributed by atoms with Gasteiger partial charge in [-0.3, -0.25) is 9.78 Å². The van der Waals surface area contributed by atoms with Crippen molar-refractivity contribution in [2.75, 3.05) is 26.2 Å². The van der Waals surface area contributed by atoms with Crippen molar-refractivity contribution in [2.45, 2.75) is 26.2 Å². The number of nitrogens with zero attached hydrogens (tertiary/aromatic N) is 2. The van der Waals surface area contributed by atoms with E-state index < -0.39 is 0 Å². The van der Waals surface area contributed by atoms with Gasteiger partial charge in [-0.1, -0.05) is 0 Å². The van der Waals surface area contributed by atoms with Crippen molar-refractivity contribution in [1.82, 2.24) is 20.5 Å². The molecule has 7 nitrogen and oxygen atoms in total. The predicted octanol–water partition coefficient (Wildman–Crippen LogP) is 2.39. The standard InChI is InChI=1S/C19H24N4O3/c1-2-21-18(25)23-7-4-19(5-8-23)10-14(19)11-22-17(24)15-9-13-3-6-20-12-16(13)26-15/h3,6,9,12,14H,2,4-5,7-8,10-11H2,1H3,(H,21,25)(H,22,24). The van der Waals surface area contributed by atoms with Gasteiger partial charge in [0.15, 0.2) is 11.3 Å². The van der Waals surface area contributed by atoms with Crippen LogP contribution in [0.4, 0.5) is 4.79 Å². The van der Waals surface area contributed by atoms with Crippen LogP contribution in [0.1, 0.15) is 36.7 Å². The van der Waals surface area contributed by atoms with Gasteiger partial charge in [0.1, 0.15) is 0 Å². The van der Waals surface area contributed by atoms with E-state index in [1.807, 2.05) is 17.9 Å². The Hall–Kier alpha value is -2.57. The summed E-state index contributed by atoms with van der Waals surface area (Å²) in [6.45, 7) is 4.85. The molecule has 2 aliphatic rings. The van der Waals surface area contributed by atoms with Crippen LogP contribution in [0.3, 0.4) is 0 Å². The number of carbonyl (C=O) groups excluding carboxylic acids is 2. The van der Waals surface area contributed by atoms with Crippen LogP contribution < -0.4 is 10.6 Å². The van der Waals surface area contributed by atoms with Gasteiger partial charge < -0.3 is 20.0 Å². The second kappa shape index (κ2) is 6.63. The van der Waals surface area contributed by atoms with E-state index in [1.54, 1.807) is 18.5 Å². The van der Waals surface area contributed by atoms with E-state index in [-0.39, 0.29) is 11.9 Å². The lowest BCUT2D eigenvalue weighted by molar-refractivity contribution is 0.0922. The SMILES string of the molecule is CCNC(=O)N1CCC2(CC1)CC2CNC(=O)c1cc2ccncc2o1. The molecule has 1 unspecified atom stereocenters. The minimum absolute atomic E-state index is 0.0345. The number of urea groups is 1. The number of aromatic nitrogens is 1. The Morgan fingerprint density at radius 2 is 2.15 bits per heavy atom. The molecule has 0 aromatic carbocycles. The summed E-state index contributed by atoms with van der Waals surface area (Å²) in [5.41, 5.74) is 0.923. The molecule has 1 atom stereocenters. The molecule has 2 aromatic rings. The molecular formula is C19H24N4O3. The number of hydrogen-bond donors (Lipinski definition) is 2.